The van der Waals surface area contributed by atoms with Crippen LogP contribution in [0, 0.1) is 0 Å². The van der Waals surface area contributed by atoms with Gasteiger partial charge in [0, 0.05) is 23.9 Å². The van der Waals surface area contributed by atoms with Gasteiger partial charge in [-0.15, -0.1) is 11.3 Å². The third kappa shape index (κ3) is 2.17. The molecule has 2 bridgehead atoms. The molecule has 1 aromatic heterocycles. The van der Waals surface area contributed by atoms with Crippen LogP contribution in [0.1, 0.15) is 35.4 Å². The van der Waals surface area contributed by atoms with Crippen LogP contribution in [0.25, 0.3) is 10.1 Å². The molecular formula is C17H19NO2S. The average molecular weight is 301 g/mol. The summed E-state index contributed by atoms with van der Waals surface area (Å²) in [5, 5.41) is 1.17. The van der Waals surface area contributed by atoms with Crippen LogP contribution in [0.5, 0.6) is 0 Å². The first-order valence-corrected chi connectivity index (χ1v) is 8.42. The van der Waals surface area contributed by atoms with Gasteiger partial charge in [-0.2, -0.15) is 0 Å². The summed E-state index contributed by atoms with van der Waals surface area (Å²) in [5.74, 6) is 0.221. The molecule has 0 spiro atoms. The highest BCUT2D eigenvalue weighted by Gasteiger charge is 2.43. The van der Waals surface area contributed by atoms with E-state index in [4.69, 9.17) is 4.74 Å². The number of methoxy groups -OCH3 is 1. The summed E-state index contributed by atoms with van der Waals surface area (Å²) in [6.45, 7) is 0. The highest BCUT2D eigenvalue weighted by atomic mass is 32.1. The smallest absolute Gasteiger partial charge is 0.264 e. The molecule has 2 aromatic rings. The molecule has 4 heteroatoms. The van der Waals surface area contributed by atoms with E-state index in [1.54, 1.807) is 18.4 Å². The molecule has 2 aliphatic heterocycles. The molecule has 3 heterocycles. The van der Waals surface area contributed by atoms with Crippen molar-refractivity contribution >= 4 is 27.3 Å². The quantitative estimate of drug-likeness (QED) is 0.847. The fourth-order valence-electron chi connectivity index (χ4n) is 3.87. The minimum absolute atomic E-state index is 0.221. The topological polar surface area (TPSA) is 29.5 Å². The van der Waals surface area contributed by atoms with Crippen LogP contribution < -0.4 is 0 Å². The van der Waals surface area contributed by atoms with Crippen LogP contribution in [-0.4, -0.2) is 36.1 Å². The van der Waals surface area contributed by atoms with Crippen LogP contribution in [0.3, 0.4) is 0 Å². The summed E-state index contributed by atoms with van der Waals surface area (Å²) < 4.78 is 6.71. The van der Waals surface area contributed by atoms with Gasteiger partial charge in [-0.1, -0.05) is 18.2 Å². The second-order valence-corrected chi connectivity index (χ2v) is 7.16. The minimum atomic E-state index is 0.221. The summed E-state index contributed by atoms with van der Waals surface area (Å²) in [6.07, 6.45) is 4.56. The zero-order valence-corrected chi connectivity index (χ0v) is 12.9. The van der Waals surface area contributed by atoms with E-state index in [0.29, 0.717) is 18.2 Å². The zero-order chi connectivity index (χ0) is 14.4. The lowest BCUT2D eigenvalue weighted by atomic mass is 9.99. The van der Waals surface area contributed by atoms with Gasteiger partial charge in [0.05, 0.1) is 11.0 Å². The number of fused-ring (bicyclic) bond motifs is 3. The van der Waals surface area contributed by atoms with Gasteiger partial charge in [0.15, 0.2) is 0 Å². The van der Waals surface area contributed by atoms with Crippen molar-refractivity contribution in [1.82, 2.24) is 4.90 Å². The summed E-state index contributed by atoms with van der Waals surface area (Å²) in [4.78, 5) is 15.9. The maximum Gasteiger partial charge on any atom is 0.264 e. The van der Waals surface area contributed by atoms with E-state index in [1.165, 1.54) is 10.1 Å². The normalized spacial score (nSPS) is 28.2. The number of amides is 1. The molecule has 0 saturated carbocycles. The van der Waals surface area contributed by atoms with Gasteiger partial charge in [0.2, 0.25) is 0 Å². The van der Waals surface area contributed by atoms with Gasteiger partial charge in [-0.05, 0) is 43.2 Å². The van der Waals surface area contributed by atoms with Gasteiger partial charge in [0.25, 0.3) is 5.91 Å². The highest BCUT2D eigenvalue weighted by molar-refractivity contribution is 7.20. The van der Waals surface area contributed by atoms with Crippen LogP contribution in [0.15, 0.2) is 30.3 Å². The SMILES string of the molecule is COC1CC2CCC(C1)N2C(=O)c1cc2ccccc2s1. The van der Waals surface area contributed by atoms with E-state index in [1.807, 2.05) is 18.2 Å². The van der Waals surface area contributed by atoms with Gasteiger partial charge in [-0.25, -0.2) is 0 Å². The Balaban J connectivity index is 1.63. The Morgan fingerprint density at radius 3 is 2.62 bits per heavy atom. The average Bonchev–Trinajstić information content (AvgIpc) is 3.05. The van der Waals surface area contributed by atoms with Crippen molar-refractivity contribution in [3.8, 4) is 0 Å². The molecule has 0 radical (unpaired) electrons. The number of piperidine rings is 1. The van der Waals surface area contributed by atoms with E-state index in [9.17, 15) is 4.79 Å². The van der Waals surface area contributed by atoms with Crippen molar-refractivity contribution in [3.63, 3.8) is 0 Å². The molecule has 1 amide bonds. The van der Waals surface area contributed by atoms with Crippen LogP contribution in [-0.2, 0) is 4.74 Å². The van der Waals surface area contributed by atoms with E-state index >= 15 is 0 Å². The molecule has 2 saturated heterocycles. The predicted molar refractivity (Wildman–Crippen MR) is 84.8 cm³/mol. The van der Waals surface area contributed by atoms with Gasteiger partial charge in [-0.3, -0.25) is 4.79 Å². The van der Waals surface area contributed by atoms with E-state index in [-0.39, 0.29) is 5.91 Å². The first-order valence-electron chi connectivity index (χ1n) is 7.60. The lowest BCUT2D eigenvalue weighted by Crippen LogP contribution is -2.48. The van der Waals surface area contributed by atoms with Crippen LogP contribution in [0.4, 0.5) is 0 Å². The number of carbonyl (C=O) groups excluding carboxylic acids is 1. The first-order chi connectivity index (χ1) is 10.3. The number of carbonyl (C=O) groups is 1. The molecule has 3 nitrogen and oxygen atoms in total. The summed E-state index contributed by atoms with van der Waals surface area (Å²) >= 11 is 1.61. The van der Waals surface area contributed by atoms with Gasteiger partial charge >= 0.3 is 0 Å². The Morgan fingerprint density at radius 1 is 1.24 bits per heavy atom. The standard InChI is InChI=1S/C17H19NO2S/c1-20-14-9-12-6-7-13(10-14)18(12)17(19)16-8-11-4-2-3-5-15(11)21-16/h2-5,8,12-14H,6-7,9-10H2,1H3. The Kier molecular flexibility index (Phi) is 3.23. The molecular weight excluding hydrogens is 282 g/mol. The van der Waals surface area contributed by atoms with E-state index in [2.05, 4.69) is 17.0 Å². The Hall–Kier alpha value is -1.39. The van der Waals surface area contributed by atoms with Gasteiger partial charge < -0.3 is 9.64 Å². The number of hydrogen-bond acceptors (Lipinski definition) is 3. The van der Waals surface area contributed by atoms with Crippen molar-refractivity contribution < 1.29 is 9.53 Å². The number of hydrogen-bond donors (Lipinski definition) is 0. The summed E-state index contributed by atoms with van der Waals surface area (Å²) in [6, 6.07) is 11.0. The molecule has 0 aliphatic carbocycles. The molecule has 0 N–H and O–H groups in total. The molecule has 110 valence electrons. The molecule has 2 unspecified atom stereocenters. The van der Waals surface area contributed by atoms with Crippen molar-refractivity contribution in [2.24, 2.45) is 0 Å². The third-order valence-electron chi connectivity index (χ3n) is 4.89. The fraction of sp³-hybridized carbons (Fsp3) is 0.471. The van der Waals surface area contributed by atoms with Crippen LogP contribution in [0.2, 0.25) is 0 Å². The Bertz CT molecular complexity index is 633. The first kappa shape index (κ1) is 13.3. The lowest BCUT2D eigenvalue weighted by Gasteiger charge is -2.38. The van der Waals surface area contributed by atoms with Crippen molar-refractivity contribution in [1.29, 1.82) is 0 Å². The molecule has 21 heavy (non-hydrogen) atoms. The largest absolute Gasteiger partial charge is 0.381 e. The molecule has 2 fully saturated rings. The third-order valence-corrected chi connectivity index (χ3v) is 6.00. The lowest BCUT2D eigenvalue weighted by molar-refractivity contribution is 0.00847. The van der Waals surface area contributed by atoms with Crippen molar-refractivity contribution in [2.45, 2.75) is 43.9 Å². The number of nitrogens with zero attached hydrogens (tertiary/aromatic N) is 1. The zero-order valence-electron chi connectivity index (χ0n) is 12.1. The Labute approximate surface area is 128 Å². The Morgan fingerprint density at radius 2 is 1.95 bits per heavy atom. The van der Waals surface area contributed by atoms with E-state index in [0.717, 1.165) is 30.6 Å². The number of rotatable bonds is 2. The molecule has 2 atom stereocenters. The fourth-order valence-corrected chi connectivity index (χ4v) is 4.87. The van der Waals surface area contributed by atoms with E-state index < -0.39 is 0 Å². The molecule has 1 aromatic carbocycles. The number of benzene rings is 1. The monoisotopic (exact) mass is 301 g/mol. The number of thiophene rings is 1. The minimum Gasteiger partial charge on any atom is -0.381 e. The van der Waals surface area contributed by atoms with Gasteiger partial charge in [0.1, 0.15) is 0 Å². The maximum absolute atomic E-state index is 12.9. The van der Waals surface area contributed by atoms with Crippen molar-refractivity contribution in [3.05, 3.63) is 35.2 Å². The van der Waals surface area contributed by atoms with Crippen molar-refractivity contribution in [2.75, 3.05) is 7.11 Å². The highest BCUT2D eigenvalue weighted by Crippen LogP contribution is 2.39. The second kappa shape index (κ2) is 5.11. The number of ether oxygens (including phenoxy) is 1. The molecule has 4 rings (SSSR count). The maximum atomic E-state index is 12.9. The second-order valence-electron chi connectivity index (χ2n) is 6.08. The molecule has 2 aliphatic rings. The summed E-state index contributed by atoms with van der Waals surface area (Å²) in [5.41, 5.74) is 0. The summed E-state index contributed by atoms with van der Waals surface area (Å²) in [7, 11) is 1.79. The van der Waals surface area contributed by atoms with Crippen LogP contribution >= 0.6 is 11.3 Å². The predicted octanol–water partition coefficient (Wildman–Crippen LogP) is 3.68.